The van der Waals surface area contributed by atoms with Crippen LogP contribution in [0.3, 0.4) is 0 Å². The molecule has 1 aromatic heterocycles. The Morgan fingerprint density at radius 3 is 2.69 bits per heavy atom. The summed E-state index contributed by atoms with van der Waals surface area (Å²) < 4.78 is 2.12. The van der Waals surface area contributed by atoms with Crippen LogP contribution in [0.4, 0.5) is 0 Å². The Hall–Kier alpha value is -1.63. The molecule has 13 heavy (non-hydrogen) atoms. The van der Waals surface area contributed by atoms with Crippen molar-refractivity contribution >= 4 is 10.8 Å². The van der Waals surface area contributed by atoms with Gasteiger partial charge in [0.05, 0.1) is 0 Å². The van der Waals surface area contributed by atoms with Crippen LogP contribution < -0.4 is 4.57 Å². The molecule has 0 saturated heterocycles. The number of pyridine rings is 1. The molecule has 64 valence electrons. The summed E-state index contributed by atoms with van der Waals surface area (Å²) in [5.41, 5.74) is 0. The van der Waals surface area contributed by atoms with E-state index in [1.165, 1.54) is 10.8 Å². The number of aromatic nitrogens is 1. The summed E-state index contributed by atoms with van der Waals surface area (Å²) in [7, 11) is 0. The van der Waals surface area contributed by atoms with E-state index >= 15 is 0 Å². The van der Waals surface area contributed by atoms with Crippen LogP contribution in [-0.2, 0) is 6.54 Å². The van der Waals surface area contributed by atoms with Crippen molar-refractivity contribution in [2.75, 3.05) is 0 Å². The van der Waals surface area contributed by atoms with Crippen LogP contribution in [-0.4, -0.2) is 0 Å². The van der Waals surface area contributed by atoms with Crippen LogP contribution in [0.5, 0.6) is 0 Å². The van der Waals surface area contributed by atoms with E-state index in [0.717, 1.165) is 6.54 Å². The van der Waals surface area contributed by atoms with Crippen molar-refractivity contribution in [2.45, 2.75) is 6.54 Å². The van der Waals surface area contributed by atoms with Gasteiger partial charge in [0.1, 0.15) is 0 Å². The summed E-state index contributed by atoms with van der Waals surface area (Å²) in [5.74, 6) is 0. The van der Waals surface area contributed by atoms with Gasteiger partial charge in [-0.15, -0.1) is 0 Å². The first-order valence-electron chi connectivity index (χ1n) is 4.39. The molecular weight excluding hydrogens is 158 g/mol. The number of rotatable bonds is 2. The molecule has 1 heterocycles. The lowest BCUT2D eigenvalue weighted by Gasteiger charge is -1.95. The van der Waals surface area contributed by atoms with Crippen molar-refractivity contribution in [1.29, 1.82) is 0 Å². The van der Waals surface area contributed by atoms with E-state index < -0.39 is 0 Å². The van der Waals surface area contributed by atoms with Gasteiger partial charge in [0.25, 0.3) is 0 Å². The van der Waals surface area contributed by atoms with E-state index in [9.17, 15) is 0 Å². The molecule has 1 aromatic carbocycles. The van der Waals surface area contributed by atoms with Gasteiger partial charge in [0.2, 0.25) is 0 Å². The fraction of sp³-hybridized carbons (Fsp3) is 0.0833. The maximum atomic E-state index is 3.72. The summed E-state index contributed by atoms with van der Waals surface area (Å²) in [5, 5.41) is 2.55. The number of allylic oxidation sites excluding steroid dienone is 1. The molecule has 0 aliphatic rings. The molecule has 0 spiro atoms. The Morgan fingerprint density at radius 1 is 1.15 bits per heavy atom. The van der Waals surface area contributed by atoms with Gasteiger partial charge >= 0.3 is 0 Å². The van der Waals surface area contributed by atoms with Crippen LogP contribution in [0.25, 0.3) is 10.8 Å². The molecule has 1 heteroatoms. The molecule has 2 aromatic rings. The van der Waals surface area contributed by atoms with E-state index in [-0.39, 0.29) is 0 Å². The highest BCUT2D eigenvalue weighted by atomic mass is 14.9. The molecular formula is C12H12N+. The standard InChI is InChI=1S/C12H12N/c1-2-8-13-9-7-11-5-3-4-6-12(11)10-13/h2-7,9-10H,1,8H2/q+1. The Kier molecular flexibility index (Phi) is 2.09. The smallest absolute Gasteiger partial charge is 0.176 e. The summed E-state index contributed by atoms with van der Waals surface area (Å²) >= 11 is 0. The largest absolute Gasteiger partial charge is 0.201 e. The van der Waals surface area contributed by atoms with Crippen molar-refractivity contribution < 1.29 is 4.57 Å². The highest BCUT2D eigenvalue weighted by Gasteiger charge is 1.98. The van der Waals surface area contributed by atoms with Crippen molar-refractivity contribution in [3.63, 3.8) is 0 Å². The Morgan fingerprint density at radius 2 is 1.92 bits per heavy atom. The molecule has 0 radical (unpaired) electrons. The molecule has 0 unspecified atom stereocenters. The van der Waals surface area contributed by atoms with Crippen molar-refractivity contribution in [2.24, 2.45) is 0 Å². The van der Waals surface area contributed by atoms with Crippen molar-refractivity contribution in [3.8, 4) is 0 Å². The molecule has 0 saturated carbocycles. The maximum absolute atomic E-state index is 3.72. The number of fused-ring (bicyclic) bond motifs is 1. The average molecular weight is 170 g/mol. The zero-order valence-corrected chi connectivity index (χ0v) is 7.48. The Labute approximate surface area is 77.9 Å². The summed E-state index contributed by atoms with van der Waals surface area (Å²) in [4.78, 5) is 0. The molecule has 0 atom stereocenters. The van der Waals surface area contributed by atoms with Gasteiger partial charge in [0, 0.05) is 11.5 Å². The summed E-state index contributed by atoms with van der Waals surface area (Å²) in [6.45, 7) is 4.58. The molecule has 0 amide bonds. The second kappa shape index (κ2) is 3.40. The minimum absolute atomic E-state index is 0.866. The van der Waals surface area contributed by atoms with Gasteiger partial charge < -0.3 is 0 Å². The Balaban J connectivity index is 2.55. The second-order valence-corrected chi connectivity index (χ2v) is 3.06. The topological polar surface area (TPSA) is 3.88 Å². The Bertz CT molecular complexity index is 432. The fourth-order valence-electron chi connectivity index (χ4n) is 1.44. The second-order valence-electron chi connectivity index (χ2n) is 3.06. The van der Waals surface area contributed by atoms with Crippen LogP contribution in [0, 0.1) is 0 Å². The third-order valence-electron chi connectivity index (χ3n) is 2.09. The van der Waals surface area contributed by atoms with E-state index in [0.29, 0.717) is 0 Å². The van der Waals surface area contributed by atoms with Gasteiger partial charge in [-0.05, 0) is 17.5 Å². The number of benzene rings is 1. The number of nitrogens with zero attached hydrogens (tertiary/aromatic N) is 1. The van der Waals surface area contributed by atoms with Crippen LogP contribution in [0.15, 0.2) is 55.4 Å². The van der Waals surface area contributed by atoms with E-state index in [4.69, 9.17) is 0 Å². The predicted octanol–water partition coefficient (Wildman–Crippen LogP) is 2.31. The van der Waals surface area contributed by atoms with Gasteiger partial charge in [-0.2, -0.15) is 0 Å². The minimum Gasteiger partial charge on any atom is -0.201 e. The highest BCUT2D eigenvalue weighted by Crippen LogP contribution is 2.09. The lowest BCUT2D eigenvalue weighted by Crippen LogP contribution is -2.31. The molecule has 0 aliphatic heterocycles. The van der Waals surface area contributed by atoms with Gasteiger partial charge in [-0.1, -0.05) is 24.8 Å². The average Bonchev–Trinajstić information content (AvgIpc) is 2.18. The zero-order chi connectivity index (χ0) is 9.10. The molecule has 1 nitrogen and oxygen atoms in total. The first-order valence-corrected chi connectivity index (χ1v) is 4.39. The minimum atomic E-state index is 0.866. The lowest BCUT2D eigenvalue weighted by atomic mass is 10.2. The monoisotopic (exact) mass is 170 g/mol. The molecule has 0 fully saturated rings. The molecule has 0 bridgehead atoms. The zero-order valence-electron chi connectivity index (χ0n) is 7.48. The highest BCUT2D eigenvalue weighted by molar-refractivity contribution is 5.80. The lowest BCUT2D eigenvalue weighted by molar-refractivity contribution is -0.685. The van der Waals surface area contributed by atoms with Crippen LogP contribution in [0.2, 0.25) is 0 Å². The summed E-state index contributed by atoms with van der Waals surface area (Å²) in [6.07, 6.45) is 6.11. The van der Waals surface area contributed by atoms with Crippen LogP contribution >= 0.6 is 0 Å². The first kappa shape index (κ1) is 7.99. The van der Waals surface area contributed by atoms with Crippen molar-refractivity contribution in [3.05, 3.63) is 55.4 Å². The van der Waals surface area contributed by atoms with E-state index in [1.807, 2.05) is 6.08 Å². The maximum Gasteiger partial charge on any atom is 0.176 e. The predicted molar refractivity (Wildman–Crippen MR) is 54.3 cm³/mol. The van der Waals surface area contributed by atoms with E-state index in [2.05, 4.69) is 53.9 Å². The fourth-order valence-corrected chi connectivity index (χ4v) is 1.44. The van der Waals surface area contributed by atoms with Gasteiger partial charge in [-0.25, -0.2) is 4.57 Å². The molecule has 2 rings (SSSR count). The quantitative estimate of drug-likeness (QED) is 0.481. The number of hydrogen-bond donors (Lipinski definition) is 0. The summed E-state index contributed by atoms with van der Waals surface area (Å²) in [6, 6.07) is 10.5. The van der Waals surface area contributed by atoms with Crippen LogP contribution in [0.1, 0.15) is 0 Å². The van der Waals surface area contributed by atoms with Crippen molar-refractivity contribution in [1.82, 2.24) is 0 Å². The first-order chi connectivity index (χ1) is 6.40. The van der Waals surface area contributed by atoms with Gasteiger partial charge in [0.15, 0.2) is 18.9 Å². The third-order valence-corrected chi connectivity index (χ3v) is 2.09. The van der Waals surface area contributed by atoms with Gasteiger partial charge in [-0.3, -0.25) is 0 Å². The molecule has 0 N–H and O–H groups in total. The molecule has 0 aliphatic carbocycles. The third kappa shape index (κ3) is 1.59. The normalized spacial score (nSPS) is 10.2. The SMILES string of the molecule is C=CC[n+]1ccc2ccccc2c1. The number of hydrogen-bond acceptors (Lipinski definition) is 0. The van der Waals surface area contributed by atoms with E-state index in [1.54, 1.807) is 0 Å².